The summed E-state index contributed by atoms with van der Waals surface area (Å²) in [6, 6.07) is 5.51. The average molecular weight is 270 g/mol. The van der Waals surface area contributed by atoms with Gasteiger partial charge in [0.1, 0.15) is 5.75 Å². The van der Waals surface area contributed by atoms with Crippen LogP contribution in [0.15, 0.2) is 18.2 Å². The van der Waals surface area contributed by atoms with Crippen molar-refractivity contribution in [2.75, 3.05) is 38.6 Å². The monoisotopic (exact) mass is 269 g/mol. The van der Waals surface area contributed by atoms with Crippen LogP contribution in [0.25, 0.3) is 0 Å². The summed E-state index contributed by atoms with van der Waals surface area (Å²) in [7, 11) is 1.58. The zero-order chi connectivity index (χ0) is 13.0. The summed E-state index contributed by atoms with van der Waals surface area (Å²) in [6.07, 6.45) is 0. The van der Waals surface area contributed by atoms with Crippen LogP contribution in [0.1, 0.15) is 0 Å². The van der Waals surface area contributed by atoms with E-state index in [4.69, 9.17) is 16.3 Å². The molecular weight excluding hydrogens is 254 g/mol. The van der Waals surface area contributed by atoms with E-state index in [0.29, 0.717) is 23.9 Å². The number of carbonyl (C=O) groups excluding carboxylic acids is 1. The smallest absolute Gasteiger partial charge is 0.317 e. The number of amides is 2. The molecule has 0 aliphatic carbocycles. The van der Waals surface area contributed by atoms with Crippen LogP contribution in [0.4, 0.5) is 10.5 Å². The zero-order valence-electron chi connectivity index (χ0n) is 10.2. The van der Waals surface area contributed by atoms with E-state index in [1.165, 1.54) is 0 Å². The fourth-order valence-corrected chi connectivity index (χ4v) is 2.02. The Morgan fingerprint density at radius 1 is 1.56 bits per heavy atom. The summed E-state index contributed by atoms with van der Waals surface area (Å²) in [5.74, 6) is 0.639. The number of rotatable bonds is 5. The lowest BCUT2D eigenvalue weighted by atomic mass is 10.3. The van der Waals surface area contributed by atoms with Crippen molar-refractivity contribution in [3.63, 3.8) is 0 Å². The molecule has 0 saturated carbocycles. The van der Waals surface area contributed by atoms with Crippen LogP contribution in [0.5, 0.6) is 5.75 Å². The molecule has 0 aromatic heterocycles. The minimum atomic E-state index is 0.00508. The largest absolute Gasteiger partial charge is 0.495 e. The average Bonchev–Trinajstić information content (AvgIpc) is 2.77. The van der Waals surface area contributed by atoms with E-state index >= 15 is 0 Å². The van der Waals surface area contributed by atoms with Gasteiger partial charge in [-0.05, 0) is 12.1 Å². The fraction of sp³-hybridized carbons (Fsp3) is 0.417. The highest BCUT2D eigenvalue weighted by Gasteiger charge is 2.18. The molecule has 2 amide bonds. The van der Waals surface area contributed by atoms with Crippen molar-refractivity contribution in [3.8, 4) is 5.75 Å². The Labute approximate surface area is 111 Å². The van der Waals surface area contributed by atoms with Gasteiger partial charge in [-0.1, -0.05) is 11.6 Å². The van der Waals surface area contributed by atoms with Crippen molar-refractivity contribution in [2.45, 2.75) is 0 Å². The quantitative estimate of drug-likeness (QED) is 0.857. The van der Waals surface area contributed by atoms with Gasteiger partial charge in [0.05, 0.1) is 12.1 Å². The topological polar surface area (TPSA) is 53.6 Å². The van der Waals surface area contributed by atoms with Gasteiger partial charge >= 0.3 is 6.03 Å². The van der Waals surface area contributed by atoms with Crippen molar-refractivity contribution < 1.29 is 9.53 Å². The minimum Gasteiger partial charge on any atom is -0.495 e. The molecule has 1 saturated heterocycles. The summed E-state index contributed by atoms with van der Waals surface area (Å²) in [6.45, 7) is 2.87. The van der Waals surface area contributed by atoms with E-state index in [9.17, 15) is 4.79 Å². The third-order valence-electron chi connectivity index (χ3n) is 2.81. The van der Waals surface area contributed by atoms with Gasteiger partial charge in [0, 0.05) is 37.9 Å². The Kier molecular flexibility index (Phi) is 4.15. The zero-order valence-corrected chi connectivity index (χ0v) is 11.0. The summed E-state index contributed by atoms with van der Waals surface area (Å²) >= 11 is 5.94. The molecule has 0 bridgehead atoms. The van der Waals surface area contributed by atoms with E-state index in [1.807, 2.05) is 12.1 Å². The van der Waals surface area contributed by atoms with E-state index in [0.717, 1.165) is 18.8 Å². The Morgan fingerprint density at radius 3 is 3.06 bits per heavy atom. The molecule has 0 atom stereocenters. The maximum atomic E-state index is 11.3. The van der Waals surface area contributed by atoms with Crippen LogP contribution in [0.3, 0.4) is 0 Å². The molecule has 6 heteroatoms. The van der Waals surface area contributed by atoms with Crippen LogP contribution in [-0.2, 0) is 0 Å². The number of benzene rings is 1. The number of nitrogens with one attached hydrogen (secondary N) is 2. The maximum Gasteiger partial charge on any atom is 0.317 e. The molecular formula is C12H16ClN3O2. The Balaban J connectivity index is 1.84. The molecule has 0 spiro atoms. The summed E-state index contributed by atoms with van der Waals surface area (Å²) in [4.78, 5) is 13.1. The van der Waals surface area contributed by atoms with E-state index < -0.39 is 0 Å². The predicted molar refractivity (Wildman–Crippen MR) is 71.5 cm³/mol. The lowest BCUT2D eigenvalue weighted by Crippen LogP contribution is -2.32. The highest BCUT2D eigenvalue weighted by atomic mass is 35.5. The fourth-order valence-electron chi connectivity index (χ4n) is 1.83. The molecule has 1 aliphatic rings. The van der Waals surface area contributed by atoms with Gasteiger partial charge in [-0.2, -0.15) is 0 Å². The predicted octanol–water partition coefficient (Wildman–Crippen LogP) is 1.79. The van der Waals surface area contributed by atoms with Crippen LogP contribution in [0.2, 0.25) is 5.02 Å². The molecule has 5 nitrogen and oxygen atoms in total. The highest BCUT2D eigenvalue weighted by Crippen LogP contribution is 2.27. The highest BCUT2D eigenvalue weighted by molar-refractivity contribution is 6.32. The van der Waals surface area contributed by atoms with E-state index in [1.54, 1.807) is 18.1 Å². The number of carbonyl (C=O) groups is 1. The van der Waals surface area contributed by atoms with Crippen LogP contribution >= 0.6 is 11.6 Å². The lowest BCUT2D eigenvalue weighted by Gasteiger charge is -2.15. The van der Waals surface area contributed by atoms with Crippen molar-refractivity contribution in [1.29, 1.82) is 0 Å². The molecule has 1 aromatic rings. The third kappa shape index (κ3) is 2.98. The van der Waals surface area contributed by atoms with Gasteiger partial charge in [0.2, 0.25) is 0 Å². The number of anilines is 1. The van der Waals surface area contributed by atoms with Crippen LogP contribution in [0, 0.1) is 0 Å². The van der Waals surface area contributed by atoms with Crippen LogP contribution < -0.4 is 15.4 Å². The van der Waals surface area contributed by atoms with Gasteiger partial charge in [0.25, 0.3) is 0 Å². The molecule has 98 valence electrons. The number of hydrogen-bond donors (Lipinski definition) is 2. The maximum absolute atomic E-state index is 11.3. The van der Waals surface area contributed by atoms with Gasteiger partial charge < -0.3 is 20.3 Å². The van der Waals surface area contributed by atoms with Gasteiger partial charge in [-0.25, -0.2) is 4.79 Å². The second-order valence-electron chi connectivity index (χ2n) is 4.00. The second kappa shape index (κ2) is 5.82. The number of methoxy groups -OCH3 is 1. The molecule has 1 aliphatic heterocycles. The normalized spacial score (nSPS) is 14.6. The number of nitrogens with zero attached hydrogens (tertiary/aromatic N) is 1. The van der Waals surface area contributed by atoms with Gasteiger partial charge in [-0.15, -0.1) is 0 Å². The molecule has 2 N–H and O–H groups in total. The first-order valence-electron chi connectivity index (χ1n) is 5.81. The number of ether oxygens (including phenoxy) is 1. The van der Waals surface area contributed by atoms with Gasteiger partial charge in [0.15, 0.2) is 0 Å². The minimum absolute atomic E-state index is 0.00508. The lowest BCUT2D eigenvalue weighted by molar-refractivity contribution is 0.219. The summed E-state index contributed by atoms with van der Waals surface area (Å²) in [5, 5.41) is 6.58. The Morgan fingerprint density at radius 2 is 2.39 bits per heavy atom. The first-order chi connectivity index (χ1) is 8.70. The SMILES string of the molecule is COc1cc(NCCN2CCNC2=O)ccc1Cl. The van der Waals surface area contributed by atoms with Crippen molar-refractivity contribution >= 4 is 23.3 Å². The Hall–Kier alpha value is -1.62. The number of halogens is 1. The van der Waals surface area contributed by atoms with E-state index in [2.05, 4.69) is 10.6 Å². The number of urea groups is 1. The molecule has 2 rings (SSSR count). The standard InChI is InChI=1S/C12H16ClN3O2/c1-18-11-8-9(2-3-10(11)13)14-4-6-16-7-5-15-12(16)17/h2-3,8,14H,4-7H2,1H3,(H,15,17). The van der Waals surface area contributed by atoms with Crippen molar-refractivity contribution in [1.82, 2.24) is 10.2 Å². The first kappa shape index (κ1) is 12.8. The molecule has 18 heavy (non-hydrogen) atoms. The molecule has 0 radical (unpaired) electrons. The molecule has 0 unspecified atom stereocenters. The number of hydrogen-bond acceptors (Lipinski definition) is 3. The summed E-state index contributed by atoms with van der Waals surface area (Å²) < 4.78 is 5.14. The molecule has 1 heterocycles. The van der Waals surface area contributed by atoms with Crippen molar-refractivity contribution in [2.24, 2.45) is 0 Å². The van der Waals surface area contributed by atoms with Crippen LogP contribution in [-0.4, -0.2) is 44.2 Å². The second-order valence-corrected chi connectivity index (χ2v) is 4.40. The first-order valence-corrected chi connectivity index (χ1v) is 6.18. The molecule has 1 aromatic carbocycles. The third-order valence-corrected chi connectivity index (χ3v) is 3.12. The van der Waals surface area contributed by atoms with Gasteiger partial charge in [-0.3, -0.25) is 0 Å². The Bertz CT molecular complexity index is 439. The van der Waals surface area contributed by atoms with Crippen molar-refractivity contribution in [3.05, 3.63) is 23.2 Å². The molecule has 1 fully saturated rings. The van der Waals surface area contributed by atoms with E-state index in [-0.39, 0.29) is 6.03 Å². The summed E-state index contributed by atoms with van der Waals surface area (Å²) in [5.41, 5.74) is 0.927.